The van der Waals surface area contributed by atoms with E-state index in [-0.39, 0.29) is 13.0 Å². The molecule has 0 bridgehead atoms. The number of amides is 2. The van der Waals surface area contributed by atoms with E-state index >= 15 is 0 Å². The Morgan fingerprint density at radius 2 is 1.70 bits per heavy atom. The van der Waals surface area contributed by atoms with Gasteiger partial charge < -0.3 is 26.5 Å². The Kier molecular flexibility index (Phi) is 6.82. The fraction of sp³-hybridized carbons (Fsp3) is 0.227. The molecule has 3 aromatic rings. The Hall–Kier alpha value is -3.65. The molecule has 0 saturated carbocycles. The molecule has 8 nitrogen and oxygen atoms in total. The number of benzene rings is 2. The van der Waals surface area contributed by atoms with Crippen molar-refractivity contribution >= 4 is 28.7 Å². The molecule has 2 atom stereocenters. The number of nitrogens with one attached hydrogen (secondary N) is 3. The molecule has 1 heterocycles. The molecule has 0 aliphatic rings. The largest absolute Gasteiger partial charge is 0.480 e. The molecule has 2 amide bonds. The van der Waals surface area contributed by atoms with Crippen molar-refractivity contribution in [2.75, 3.05) is 6.54 Å². The topological polar surface area (TPSA) is 137 Å². The van der Waals surface area contributed by atoms with Crippen LogP contribution >= 0.6 is 0 Å². The zero-order valence-electron chi connectivity index (χ0n) is 16.3. The number of aromatic amines is 1. The Labute approximate surface area is 173 Å². The number of aromatic nitrogens is 1. The second kappa shape index (κ2) is 9.71. The van der Waals surface area contributed by atoms with Gasteiger partial charge in [0.25, 0.3) is 0 Å². The first-order valence-corrected chi connectivity index (χ1v) is 9.58. The van der Waals surface area contributed by atoms with E-state index in [1.807, 2.05) is 36.5 Å². The second-order valence-electron chi connectivity index (χ2n) is 7.04. The predicted molar refractivity (Wildman–Crippen MR) is 113 cm³/mol. The molecule has 0 fully saturated rings. The van der Waals surface area contributed by atoms with Crippen LogP contribution in [0.1, 0.15) is 11.1 Å². The first kappa shape index (κ1) is 21.1. The van der Waals surface area contributed by atoms with Crippen molar-refractivity contribution in [2.45, 2.75) is 24.9 Å². The number of nitrogens with two attached hydrogens (primary N) is 1. The summed E-state index contributed by atoms with van der Waals surface area (Å²) in [6.07, 6.45) is 2.27. The molecule has 0 aliphatic carbocycles. The lowest BCUT2D eigenvalue weighted by Crippen LogP contribution is -2.49. The van der Waals surface area contributed by atoms with Crippen LogP contribution in [0.4, 0.5) is 0 Å². The summed E-state index contributed by atoms with van der Waals surface area (Å²) in [5.41, 5.74) is 8.64. The van der Waals surface area contributed by atoms with E-state index in [9.17, 15) is 19.5 Å². The maximum Gasteiger partial charge on any atom is 0.326 e. The van der Waals surface area contributed by atoms with Crippen LogP contribution in [0.5, 0.6) is 0 Å². The maximum atomic E-state index is 12.3. The monoisotopic (exact) mass is 408 g/mol. The normalized spacial score (nSPS) is 12.8. The van der Waals surface area contributed by atoms with E-state index in [1.54, 1.807) is 24.3 Å². The molecule has 6 N–H and O–H groups in total. The molecule has 156 valence electrons. The van der Waals surface area contributed by atoms with E-state index in [0.29, 0.717) is 6.42 Å². The third kappa shape index (κ3) is 5.45. The van der Waals surface area contributed by atoms with Gasteiger partial charge in [-0.3, -0.25) is 9.59 Å². The number of para-hydroxylation sites is 1. The predicted octanol–water partition coefficient (Wildman–Crippen LogP) is 0.966. The Bertz CT molecular complexity index is 1030. The molecule has 0 spiro atoms. The van der Waals surface area contributed by atoms with E-state index in [1.165, 1.54) is 0 Å². The summed E-state index contributed by atoms with van der Waals surface area (Å²) >= 11 is 0. The highest BCUT2D eigenvalue weighted by molar-refractivity contribution is 5.90. The quantitative estimate of drug-likeness (QED) is 0.359. The number of H-pyrrole nitrogens is 1. The highest BCUT2D eigenvalue weighted by Crippen LogP contribution is 2.18. The number of rotatable bonds is 9. The summed E-state index contributed by atoms with van der Waals surface area (Å²) in [7, 11) is 0. The average Bonchev–Trinajstić information content (AvgIpc) is 3.15. The number of aliphatic carboxylic acids is 1. The first-order valence-electron chi connectivity index (χ1n) is 9.58. The lowest BCUT2D eigenvalue weighted by Gasteiger charge is -2.16. The lowest BCUT2D eigenvalue weighted by molar-refractivity contribution is -0.141. The minimum absolute atomic E-state index is 0.149. The van der Waals surface area contributed by atoms with Crippen molar-refractivity contribution in [3.63, 3.8) is 0 Å². The van der Waals surface area contributed by atoms with Gasteiger partial charge in [0.05, 0.1) is 12.6 Å². The summed E-state index contributed by atoms with van der Waals surface area (Å²) in [4.78, 5) is 39.0. The number of hydrogen-bond donors (Lipinski definition) is 5. The maximum absolute atomic E-state index is 12.3. The number of carboxylic acids is 1. The first-order chi connectivity index (χ1) is 14.4. The smallest absolute Gasteiger partial charge is 0.326 e. The Morgan fingerprint density at radius 3 is 2.43 bits per heavy atom. The highest BCUT2D eigenvalue weighted by atomic mass is 16.4. The van der Waals surface area contributed by atoms with Gasteiger partial charge in [-0.25, -0.2) is 4.79 Å². The molecular weight excluding hydrogens is 384 g/mol. The Morgan fingerprint density at radius 1 is 1.00 bits per heavy atom. The summed E-state index contributed by atoms with van der Waals surface area (Å²) < 4.78 is 0. The van der Waals surface area contributed by atoms with Crippen LogP contribution in [0.25, 0.3) is 10.9 Å². The van der Waals surface area contributed by atoms with E-state index in [0.717, 1.165) is 22.0 Å². The fourth-order valence-electron chi connectivity index (χ4n) is 3.22. The van der Waals surface area contributed by atoms with E-state index < -0.39 is 29.9 Å². The van der Waals surface area contributed by atoms with Crippen molar-refractivity contribution in [1.29, 1.82) is 0 Å². The number of hydrogen-bond acceptors (Lipinski definition) is 4. The van der Waals surface area contributed by atoms with E-state index in [4.69, 9.17) is 5.73 Å². The molecule has 0 saturated heterocycles. The minimum Gasteiger partial charge on any atom is -0.480 e. The van der Waals surface area contributed by atoms with Crippen LogP contribution in [0.2, 0.25) is 0 Å². The van der Waals surface area contributed by atoms with E-state index in [2.05, 4.69) is 15.6 Å². The molecule has 8 heteroatoms. The van der Waals surface area contributed by atoms with Crippen LogP contribution in [0, 0.1) is 0 Å². The van der Waals surface area contributed by atoms with Crippen molar-refractivity contribution in [3.05, 3.63) is 71.9 Å². The SMILES string of the molecule is N[C@@H](Cc1c[nH]c2ccccc12)C(=O)NCC(=O)N[C@@H](Cc1ccccc1)C(=O)O. The molecule has 0 unspecified atom stereocenters. The number of fused-ring (bicyclic) bond motifs is 1. The number of carboxylic acid groups (broad SMARTS) is 1. The van der Waals surface area contributed by atoms with Crippen molar-refractivity contribution in [3.8, 4) is 0 Å². The molecule has 0 radical (unpaired) electrons. The molecular formula is C22H24N4O4. The molecule has 3 rings (SSSR count). The summed E-state index contributed by atoms with van der Waals surface area (Å²) in [5, 5.41) is 15.2. The molecule has 0 aliphatic heterocycles. The van der Waals surface area contributed by atoms with Gasteiger partial charge in [0.1, 0.15) is 6.04 Å². The van der Waals surface area contributed by atoms with Crippen LogP contribution in [0.15, 0.2) is 60.8 Å². The van der Waals surface area contributed by atoms with Gasteiger partial charge >= 0.3 is 5.97 Å². The zero-order valence-corrected chi connectivity index (χ0v) is 16.3. The third-order valence-electron chi connectivity index (χ3n) is 4.79. The molecule has 1 aromatic heterocycles. The molecule has 30 heavy (non-hydrogen) atoms. The number of carbonyl (C=O) groups excluding carboxylic acids is 2. The second-order valence-corrected chi connectivity index (χ2v) is 7.04. The van der Waals surface area contributed by atoms with Gasteiger partial charge in [-0.1, -0.05) is 48.5 Å². The van der Waals surface area contributed by atoms with Gasteiger partial charge in [0, 0.05) is 23.5 Å². The standard InChI is InChI=1S/C22H24N4O4/c23-17(11-15-12-24-18-9-5-4-8-16(15)18)21(28)25-13-20(27)26-19(22(29)30)10-14-6-2-1-3-7-14/h1-9,12,17,19,24H,10-11,13,23H2,(H,25,28)(H,26,27)(H,29,30)/t17-,19-/m0/s1. The van der Waals surface area contributed by atoms with Crippen molar-refractivity contribution < 1.29 is 19.5 Å². The van der Waals surface area contributed by atoms with Crippen LogP contribution in [0.3, 0.4) is 0 Å². The summed E-state index contributed by atoms with van der Waals surface area (Å²) in [6, 6.07) is 14.8. The van der Waals surface area contributed by atoms with Gasteiger partial charge in [-0.15, -0.1) is 0 Å². The van der Waals surface area contributed by atoms with Crippen molar-refractivity contribution in [1.82, 2.24) is 15.6 Å². The van der Waals surface area contributed by atoms with Crippen LogP contribution in [-0.4, -0.2) is 46.5 Å². The van der Waals surface area contributed by atoms with Crippen LogP contribution < -0.4 is 16.4 Å². The zero-order chi connectivity index (χ0) is 21.5. The van der Waals surface area contributed by atoms with Crippen LogP contribution in [-0.2, 0) is 27.2 Å². The number of carbonyl (C=O) groups is 3. The van der Waals surface area contributed by atoms with Gasteiger partial charge in [-0.2, -0.15) is 0 Å². The Balaban J connectivity index is 1.50. The van der Waals surface area contributed by atoms with Crippen molar-refractivity contribution in [2.24, 2.45) is 5.73 Å². The van der Waals surface area contributed by atoms with Gasteiger partial charge in [-0.05, 0) is 23.6 Å². The summed E-state index contributed by atoms with van der Waals surface area (Å²) in [6.45, 7) is -0.348. The lowest BCUT2D eigenvalue weighted by atomic mass is 10.1. The van der Waals surface area contributed by atoms with Gasteiger partial charge in [0.2, 0.25) is 11.8 Å². The third-order valence-corrected chi connectivity index (χ3v) is 4.79. The fourth-order valence-corrected chi connectivity index (χ4v) is 3.22. The average molecular weight is 408 g/mol. The molecule has 2 aromatic carbocycles. The summed E-state index contributed by atoms with van der Waals surface area (Å²) in [5.74, 6) is -2.22. The van der Waals surface area contributed by atoms with Gasteiger partial charge in [0.15, 0.2) is 0 Å². The minimum atomic E-state index is -1.14. The highest BCUT2D eigenvalue weighted by Gasteiger charge is 2.22.